The maximum absolute atomic E-state index is 11.6. The van der Waals surface area contributed by atoms with Crippen molar-refractivity contribution in [3.8, 4) is 11.3 Å². The van der Waals surface area contributed by atoms with E-state index in [2.05, 4.69) is 10.3 Å². The maximum atomic E-state index is 11.6. The zero-order valence-corrected chi connectivity index (χ0v) is 11.3. The van der Waals surface area contributed by atoms with E-state index in [1.807, 2.05) is 51.1 Å². The number of hydrogen-bond donors (Lipinski definition) is 0. The summed E-state index contributed by atoms with van der Waals surface area (Å²) in [5.74, 6) is -0.260. The molecule has 0 amide bonds. The Kier molecular flexibility index (Phi) is 3.64. The number of rotatable bonds is 3. The molecule has 0 saturated heterocycles. The maximum Gasteiger partial charge on any atom is 0.313 e. The molecule has 0 fully saturated rings. The summed E-state index contributed by atoms with van der Waals surface area (Å²) in [4.78, 5) is 11.6. The number of nitrogens with zero attached hydrogens (tertiary/aromatic N) is 3. The predicted octanol–water partition coefficient (Wildman–Crippen LogP) is 2.49. The van der Waals surface area contributed by atoms with E-state index in [1.165, 1.54) is 4.68 Å². The molecular weight excluding hydrogens is 242 g/mol. The van der Waals surface area contributed by atoms with E-state index >= 15 is 0 Å². The van der Waals surface area contributed by atoms with E-state index in [4.69, 9.17) is 4.74 Å². The monoisotopic (exact) mass is 259 g/mol. The Balaban J connectivity index is 2.01. The van der Waals surface area contributed by atoms with Crippen LogP contribution in [0, 0.1) is 5.41 Å². The average Bonchev–Trinajstić information content (AvgIpc) is 2.84. The third kappa shape index (κ3) is 3.40. The van der Waals surface area contributed by atoms with Crippen LogP contribution in [0.5, 0.6) is 0 Å². The quantitative estimate of drug-likeness (QED) is 0.795. The predicted molar refractivity (Wildman–Crippen MR) is 71.0 cm³/mol. The van der Waals surface area contributed by atoms with Crippen molar-refractivity contribution < 1.29 is 9.53 Å². The minimum atomic E-state index is -0.511. The largest absolute Gasteiger partial charge is 0.442 e. The number of aromatic nitrogens is 3. The first-order valence-electron chi connectivity index (χ1n) is 6.09. The number of ether oxygens (including phenoxy) is 1. The number of hydrogen-bond acceptors (Lipinski definition) is 4. The van der Waals surface area contributed by atoms with Crippen LogP contribution in [0.15, 0.2) is 36.5 Å². The molecule has 1 aromatic carbocycles. The first kappa shape index (κ1) is 13.3. The van der Waals surface area contributed by atoms with Crippen LogP contribution < -0.4 is 0 Å². The minimum absolute atomic E-state index is 0.0793. The van der Waals surface area contributed by atoms with Gasteiger partial charge < -0.3 is 4.74 Å². The third-order valence-electron chi connectivity index (χ3n) is 2.55. The Labute approximate surface area is 112 Å². The molecule has 0 aliphatic heterocycles. The molecule has 100 valence electrons. The molecule has 2 aromatic rings. The highest BCUT2D eigenvalue weighted by Crippen LogP contribution is 2.17. The fourth-order valence-corrected chi connectivity index (χ4v) is 1.44. The second-order valence-corrected chi connectivity index (χ2v) is 5.32. The Bertz CT molecular complexity index is 556. The van der Waals surface area contributed by atoms with Crippen LogP contribution in [-0.2, 0) is 16.3 Å². The molecule has 1 heterocycles. The molecular formula is C14H17N3O2. The third-order valence-corrected chi connectivity index (χ3v) is 2.55. The lowest BCUT2D eigenvalue weighted by Crippen LogP contribution is -2.24. The smallest absolute Gasteiger partial charge is 0.313 e. The lowest BCUT2D eigenvalue weighted by atomic mass is 9.98. The van der Waals surface area contributed by atoms with Crippen LogP contribution >= 0.6 is 0 Å². The van der Waals surface area contributed by atoms with Gasteiger partial charge in [-0.1, -0.05) is 35.5 Å². The minimum Gasteiger partial charge on any atom is -0.442 e. The molecule has 0 radical (unpaired) electrons. The molecule has 5 nitrogen and oxygen atoms in total. The van der Waals surface area contributed by atoms with Crippen molar-refractivity contribution in [2.45, 2.75) is 27.5 Å². The Morgan fingerprint density at radius 3 is 2.58 bits per heavy atom. The number of benzene rings is 1. The van der Waals surface area contributed by atoms with E-state index in [1.54, 1.807) is 6.20 Å². The van der Waals surface area contributed by atoms with Crippen molar-refractivity contribution in [3.05, 3.63) is 36.5 Å². The Morgan fingerprint density at radius 1 is 1.26 bits per heavy atom. The summed E-state index contributed by atoms with van der Waals surface area (Å²) in [5, 5.41) is 7.98. The molecule has 0 spiro atoms. The van der Waals surface area contributed by atoms with Crippen molar-refractivity contribution >= 4 is 5.97 Å². The molecule has 5 heteroatoms. The molecule has 0 atom stereocenters. The standard InChI is InChI=1S/C14H17N3O2/c1-14(2,3)13(18)19-10-17-9-12(15-16-17)11-7-5-4-6-8-11/h4-9H,10H2,1-3H3. The second kappa shape index (κ2) is 5.22. The van der Waals surface area contributed by atoms with E-state index < -0.39 is 5.41 Å². The van der Waals surface area contributed by atoms with Gasteiger partial charge >= 0.3 is 5.97 Å². The zero-order chi connectivity index (χ0) is 13.9. The van der Waals surface area contributed by atoms with Crippen molar-refractivity contribution in [2.75, 3.05) is 0 Å². The van der Waals surface area contributed by atoms with Gasteiger partial charge in [-0.05, 0) is 20.8 Å². The van der Waals surface area contributed by atoms with Gasteiger partial charge in [-0.25, -0.2) is 4.68 Å². The highest BCUT2D eigenvalue weighted by molar-refractivity contribution is 5.75. The Morgan fingerprint density at radius 2 is 1.95 bits per heavy atom. The normalized spacial score (nSPS) is 11.3. The van der Waals surface area contributed by atoms with Crippen LogP contribution in [0.25, 0.3) is 11.3 Å². The van der Waals surface area contributed by atoms with Gasteiger partial charge in [0.2, 0.25) is 0 Å². The van der Waals surface area contributed by atoms with Gasteiger partial charge in [0.25, 0.3) is 0 Å². The summed E-state index contributed by atoms with van der Waals surface area (Å²) in [6, 6.07) is 9.73. The molecule has 0 aliphatic carbocycles. The molecule has 19 heavy (non-hydrogen) atoms. The fraction of sp³-hybridized carbons (Fsp3) is 0.357. The van der Waals surface area contributed by atoms with Crippen molar-refractivity contribution in [2.24, 2.45) is 5.41 Å². The van der Waals surface area contributed by atoms with Gasteiger partial charge in [0, 0.05) is 5.56 Å². The van der Waals surface area contributed by atoms with Crippen LogP contribution in [-0.4, -0.2) is 21.0 Å². The summed E-state index contributed by atoms with van der Waals surface area (Å²) in [5.41, 5.74) is 1.23. The zero-order valence-electron chi connectivity index (χ0n) is 11.3. The first-order chi connectivity index (χ1) is 8.97. The van der Waals surface area contributed by atoms with Crippen LogP contribution in [0.2, 0.25) is 0 Å². The van der Waals surface area contributed by atoms with E-state index in [0.717, 1.165) is 11.3 Å². The van der Waals surface area contributed by atoms with Crippen LogP contribution in [0.3, 0.4) is 0 Å². The lowest BCUT2D eigenvalue weighted by molar-refractivity contribution is -0.157. The average molecular weight is 259 g/mol. The van der Waals surface area contributed by atoms with Crippen molar-refractivity contribution in [1.82, 2.24) is 15.0 Å². The highest BCUT2D eigenvalue weighted by atomic mass is 16.5. The van der Waals surface area contributed by atoms with Gasteiger partial charge in [0.1, 0.15) is 5.69 Å². The molecule has 0 aliphatic rings. The Hall–Kier alpha value is -2.17. The summed E-state index contributed by atoms with van der Waals surface area (Å²) >= 11 is 0. The van der Waals surface area contributed by atoms with Gasteiger partial charge in [0.05, 0.1) is 11.6 Å². The van der Waals surface area contributed by atoms with Gasteiger partial charge in [0.15, 0.2) is 6.73 Å². The van der Waals surface area contributed by atoms with Crippen molar-refractivity contribution in [3.63, 3.8) is 0 Å². The van der Waals surface area contributed by atoms with E-state index in [-0.39, 0.29) is 12.7 Å². The van der Waals surface area contributed by atoms with E-state index in [0.29, 0.717) is 0 Å². The van der Waals surface area contributed by atoms with Crippen LogP contribution in [0.1, 0.15) is 20.8 Å². The van der Waals surface area contributed by atoms with Crippen molar-refractivity contribution in [1.29, 1.82) is 0 Å². The SMILES string of the molecule is CC(C)(C)C(=O)OCn1cc(-c2ccccc2)nn1. The fourth-order valence-electron chi connectivity index (χ4n) is 1.44. The number of esters is 1. The second-order valence-electron chi connectivity index (χ2n) is 5.32. The molecule has 0 saturated carbocycles. The molecule has 2 rings (SSSR count). The summed E-state index contributed by atoms with van der Waals surface area (Å²) in [6.45, 7) is 5.51. The number of carbonyl (C=O) groups excluding carboxylic acids is 1. The van der Waals surface area contributed by atoms with Gasteiger partial charge in [-0.2, -0.15) is 0 Å². The summed E-state index contributed by atoms with van der Waals surface area (Å²) in [7, 11) is 0. The lowest BCUT2D eigenvalue weighted by Gasteiger charge is -2.15. The van der Waals surface area contributed by atoms with Gasteiger partial charge in [-0.15, -0.1) is 5.10 Å². The molecule has 1 aromatic heterocycles. The van der Waals surface area contributed by atoms with Crippen LogP contribution in [0.4, 0.5) is 0 Å². The topological polar surface area (TPSA) is 57.0 Å². The molecule has 0 bridgehead atoms. The van der Waals surface area contributed by atoms with E-state index in [9.17, 15) is 4.79 Å². The molecule has 0 N–H and O–H groups in total. The number of carbonyl (C=O) groups is 1. The summed E-state index contributed by atoms with van der Waals surface area (Å²) in [6.07, 6.45) is 1.76. The molecule has 0 unspecified atom stereocenters. The highest BCUT2D eigenvalue weighted by Gasteiger charge is 2.23. The first-order valence-corrected chi connectivity index (χ1v) is 6.09. The van der Waals surface area contributed by atoms with Gasteiger partial charge in [-0.3, -0.25) is 4.79 Å². The summed E-state index contributed by atoms with van der Waals surface area (Å²) < 4.78 is 6.67.